The summed E-state index contributed by atoms with van der Waals surface area (Å²) in [5.74, 6) is 0.125. The largest absolute Gasteiger partial charge is 0.497 e. The van der Waals surface area contributed by atoms with E-state index in [1.807, 2.05) is 66.7 Å². The summed E-state index contributed by atoms with van der Waals surface area (Å²) in [5, 5.41) is 2.74. The van der Waals surface area contributed by atoms with E-state index in [1.54, 1.807) is 19.2 Å². The van der Waals surface area contributed by atoms with Crippen molar-refractivity contribution in [3.63, 3.8) is 0 Å². The molecule has 1 N–H and O–H groups in total. The minimum absolute atomic E-state index is 0.0669. The van der Waals surface area contributed by atoms with E-state index in [2.05, 4.69) is 29.6 Å². The first-order chi connectivity index (χ1) is 18.6. The second-order valence-corrected chi connectivity index (χ2v) is 9.17. The number of hydrogen-bond acceptors (Lipinski definition) is 5. The smallest absolute Gasteiger partial charge is 0.407 e. The second kappa shape index (κ2) is 11.6. The van der Waals surface area contributed by atoms with E-state index in [-0.39, 0.29) is 25.6 Å². The van der Waals surface area contributed by atoms with Gasteiger partial charge in [-0.1, -0.05) is 91.0 Å². The van der Waals surface area contributed by atoms with E-state index in [0.717, 1.165) is 39.1 Å². The summed E-state index contributed by atoms with van der Waals surface area (Å²) in [6, 6.07) is 32.2. The third-order valence-corrected chi connectivity index (χ3v) is 6.74. The van der Waals surface area contributed by atoms with Crippen molar-refractivity contribution >= 4 is 12.1 Å². The van der Waals surface area contributed by atoms with E-state index < -0.39 is 18.1 Å². The molecule has 0 heterocycles. The molecule has 0 spiro atoms. The normalized spacial score (nSPS) is 12.7. The number of nitrogens with one attached hydrogen (secondary N) is 1. The number of carbonyl (C=O) groups is 2. The minimum Gasteiger partial charge on any atom is -0.497 e. The van der Waals surface area contributed by atoms with Gasteiger partial charge in [-0.15, -0.1) is 0 Å². The predicted octanol–water partition coefficient (Wildman–Crippen LogP) is 5.89. The molecule has 0 unspecified atom stereocenters. The van der Waals surface area contributed by atoms with Crippen LogP contribution in [0.25, 0.3) is 11.1 Å². The fraction of sp³-hybridized carbons (Fsp3) is 0.188. The zero-order valence-electron chi connectivity index (χ0n) is 21.1. The van der Waals surface area contributed by atoms with Crippen molar-refractivity contribution in [2.75, 3.05) is 13.7 Å². The molecule has 4 aromatic rings. The molecule has 0 bridgehead atoms. The van der Waals surface area contributed by atoms with Crippen molar-refractivity contribution in [3.05, 3.63) is 125 Å². The van der Waals surface area contributed by atoms with E-state index in [9.17, 15) is 9.59 Å². The molecule has 0 aliphatic heterocycles. The van der Waals surface area contributed by atoms with Gasteiger partial charge in [0.05, 0.1) is 7.11 Å². The van der Waals surface area contributed by atoms with Gasteiger partial charge >= 0.3 is 12.1 Å². The number of methoxy groups -OCH3 is 1. The molecular formula is C32H29NO5. The Morgan fingerprint density at radius 1 is 0.737 bits per heavy atom. The number of hydrogen-bond donors (Lipinski definition) is 1. The highest BCUT2D eigenvalue weighted by Gasteiger charge is 2.30. The summed E-state index contributed by atoms with van der Waals surface area (Å²) in [6.45, 7) is 0.249. The van der Waals surface area contributed by atoms with Crippen molar-refractivity contribution in [1.29, 1.82) is 0 Å². The maximum atomic E-state index is 13.1. The van der Waals surface area contributed by atoms with Gasteiger partial charge in [-0.3, -0.25) is 0 Å². The lowest BCUT2D eigenvalue weighted by Crippen LogP contribution is -2.43. The van der Waals surface area contributed by atoms with Gasteiger partial charge in [-0.25, -0.2) is 9.59 Å². The third kappa shape index (κ3) is 5.70. The molecule has 0 radical (unpaired) electrons. The summed E-state index contributed by atoms with van der Waals surface area (Å²) >= 11 is 0. The second-order valence-electron chi connectivity index (χ2n) is 9.17. The standard InChI is InChI=1S/C32H29NO5/c1-36-24-17-15-23(16-18-24)20-37-31(34)30(19-22-9-3-2-4-10-22)33-32(35)38-21-29-27-13-7-5-11-25(27)26-12-6-8-14-28(26)29/h2-18,29-30H,19-21H2,1H3,(H,33,35)/t30-/m1/s1. The van der Waals surface area contributed by atoms with Crippen molar-refractivity contribution in [2.45, 2.75) is 25.0 Å². The van der Waals surface area contributed by atoms with Crippen LogP contribution in [0.4, 0.5) is 4.79 Å². The molecule has 38 heavy (non-hydrogen) atoms. The molecule has 1 aliphatic carbocycles. The Kier molecular flexibility index (Phi) is 7.69. The quantitative estimate of drug-likeness (QED) is 0.286. The van der Waals surface area contributed by atoms with Crippen molar-refractivity contribution < 1.29 is 23.8 Å². The Balaban J connectivity index is 1.25. The van der Waals surface area contributed by atoms with Crippen molar-refractivity contribution in [3.8, 4) is 16.9 Å². The van der Waals surface area contributed by atoms with Gasteiger partial charge in [0.2, 0.25) is 0 Å². The van der Waals surface area contributed by atoms with Crippen LogP contribution in [0.1, 0.15) is 28.2 Å². The first-order valence-corrected chi connectivity index (χ1v) is 12.6. The van der Waals surface area contributed by atoms with Gasteiger partial charge in [0.15, 0.2) is 0 Å². The third-order valence-electron chi connectivity index (χ3n) is 6.74. The Morgan fingerprint density at radius 3 is 1.97 bits per heavy atom. The van der Waals surface area contributed by atoms with Crippen LogP contribution in [0, 0.1) is 0 Å². The highest BCUT2D eigenvalue weighted by Crippen LogP contribution is 2.44. The van der Waals surface area contributed by atoms with Gasteiger partial charge in [-0.05, 0) is 45.5 Å². The van der Waals surface area contributed by atoms with Crippen LogP contribution < -0.4 is 10.1 Å². The number of carbonyl (C=O) groups excluding carboxylic acids is 2. The highest BCUT2D eigenvalue weighted by molar-refractivity contribution is 5.82. The van der Waals surface area contributed by atoms with Crippen LogP contribution in [0.15, 0.2) is 103 Å². The molecule has 6 heteroatoms. The molecule has 0 fully saturated rings. The number of amides is 1. The number of rotatable bonds is 9. The van der Waals surface area contributed by atoms with Gasteiger partial charge in [0, 0.05) is 12.3 Å². The molecule has 192 valence electrons. The molecule has 4 aromatic carbocycles. The van der Waals surface area contributed by atoms with Crippen LogP contribution in [0.3, 0.4) is 0 Å². The molecule has 0 aromatic heterocycles. The lowest BCUT2D eigenvalue weighted by atomic mass is 9.98. The number of ether oxygens (including phenoxy) is 3. The molecule has 6 nitrogen and oxygen atoms in total. The fourth-order valence-corrected chi connectivity index (χ4v) is 4.80. The average molecular weight is 508 g/mol. The van der Waals surface area contributed by atoms with Gasteiger partial charge < -0.3 is 19.5 Å². The van der Waals surface area contributed by atoms with Gasteiger partial charge in [-0.2, -0.15) is 0 Å². The average Bonchev–Trinajstić information content (AvgIpc) is 3.29. The molecule has 1 aliphatic rings. The summed E-state index contributed by atoms with van der Waals surface area (Å²) in [7, 11) is 1.60. The zero-order valence-corrected chi connectivity index (χ0v) is 21.1. The van der Waals surface area contributed by atoms with Gasteiger partial charge in [0.25, 0.3) is 0 Å². The van der Waals surface area contributed by atoms with E-state index in [1.165, 1.54) is 0 Å². The molecule has 0 saturated heterocycles. The SMILES string of the molecule is COc1ccc(COC(=O)[C@@H](Cc2ccccc2)NC(=O)OCC2c3ccccc3-c3ccccc32)cc1. The number of alkyl carbamates (subject to hydrolysis) is 1. The maximum Gasteiger partial charge on any atom is 0.407 e. The number of fused-ring (bicyclic) bond motifs is 3. The Hall–Kier alpha value is -4.58. The number of esters is 1. The van der Waals surface area contributed by atoms with E-state index >= 15 is 0 Å². The monoisotopic (exact) mass is 507 g/mol. The van der Waals surface area contributed by atoms with Crippen LogP contribution in [0.5, 0.6) is 5.75 Å². The Morgan fingerprint density at radius 2 is 1.34 bits per heavy atom. The van der Waals surface area contributed by atoms with E-state index in [0.29, 0.717) is 0 Å². The fourth-order valence-electron chi connectivity index (χ4n) is 4.80. The lowest BCUT2D eigenvalue weighted by molar-refractivity contribution is -0.147. The first kappa shape index (κ1) is 25.1. The molecule has 0 saturated carbocycles. The predicted molar refractivity (Wildman–Crippen MR) is 145 cm³/mol. The highest BCUT2D eigenvalue weighted by atomic mass is 16.6. The zero-order chi connectivity index (χ0) is 26.3. The Bertz CT molecular complexity index is 1360. The molecule has 1 atom stereocenters. The van der Waals surface area contributed by atoms with Crippen LogP contribution in [-0.4, -0.2) is 31.8 Å². The minimum atomic E-state index is -0.897. The maximum absolute atomic E-state index is 13.1. The summed E-state index contributed by atoms with van der Waals surface area (Å²) in [6.07, 6.45) is -0.374. The van der Waals surface area contributed by atoms with Crippen molar-refractivity contribution in [2.24, 2.45) is 0 Å². The molecular weight excluding hydrogens is 478 g/mol. The summed E-state index contributed by atoms with van der Waals surface area (Å²) in [4.78, 5) is 26.0. The summed E-state index contributed by atoms with van der Waals surface area (Å²) < 4.78 is 16.4. The first-order valence-electron chi connectivity index (χ1n) is 12.6. The lowest BCUT2D eigenvalue weighted by Gasteiger charge is -2.19. The van der Waals surface area contributed by atoms with Crippen LogP contribution in [0.2, 0.25) is 0 Å². The molecule has 1 amide bonds. The number of benzene rings is 4. The Labute approximate surface area is 222 Å². The van der Waals surface area contributed by atoms with Crippen molar-refractivity contribution in [1.82, 2.24) is 5.32 Å². The molecule has 5 rings (SSSR count). The van der Waals surface area contributed by atoms with Crippen LogP contribution >= 0.6 is 0 Å². The van der Waals surface area contributed by atoms with Gasteiger partial charge in [0.1, 0.15) is 25.0 Å². The van der Waals surface area contributed by atoms with E-state index in [4.69, 9.17) is 14.2 Å². The topological polar surface area (TPSA) is 73.9 Å². The summed E-state index contributed by atoms with van der Waals surface area (Å²) in [5.41, 5.74) is 6.28. The van der Waals surface area contributed by atoms with Crippen LogP contribution in [-0.2, 0) is 27.3 Å².